The number of alkyl halides is 1. The van der Waals surface area contributed by atoms with Crippen LogP contribution in [-0.2, 0) is 6.42 Å². The molecule has 0 N–H and O–H groups in total. The van der Waals surface area contributed by atoms with E-state index in [0.717, 1.165) is 21.2 Å². The Hall–Kier alpha value is -0.990. The zero-order valence-electron chi connectivity index (χ0n) is 9.71. The number of fused-ring (bicyclic) bond motifs is 1. The second-order valence-corrected chi connectivity index (χ2v) is 5.42. The molecule has 1 aromatic carbocycles. The Morgan fingerprint density at radius 3 is 2.76 bits per heavy atom. The van der Waals surface area contributed by atoms with Gasteiger partial charge in [-0.25, -0.2) is 0 Å². The van der Waals surface area contributed by atoms with Crippen LogP contribution in [0.5, 0.6) is 0 Å². The van der Waals surface area contributed by atoms with Crippen LogP contribution < -0.4 is 4.73 Å². The summed E-state index contributed by atoms with van der Waals surface area (Å²) in [4.78, 5) is 0. The summed E-state index contributed by atoms with van der Waals surface area (Å²) in [6.45, 7) is 3.86. The van der Waals surface area contributed by atoms with Crippen LogP contribution in [0.2, 0.25) is 5.02 Å². The molecule has 0 aliphatic carbocycles. The number of aromatic nitrogens is 1. The molecule has 0 amide bonds. The van der Waals surface area contributed by atoms with Gasteiger partial charge in [0.1, 0.15) is 0 Å². The highest BCUT2D eigenvalue weighted by molar-refractivity contribution is 6.36. The standard InChI is InChI=1S/C13H13Cl2NO/c1-8-3-4-12-11(5-8)13(15)10(6-9(2)14)7-16(12)17/h3-5,7,9H,6H2,1-2H3. The van der Waals surface area contributed by atoms with E-state index >= 15 is 0 Å². The van der Waals surface area contributed by atoms with Crippen molar-refractivity contribution in [3.63, 3.8) is 0 Å². The van der Waals surface area contributed by atoms with Crippen molar-refractivity contribution in [2.45, 2.75) is 25.6 Å². The zero-order valence-corrected chi connectivity index (χ0v) is 11.2. The number of rotatable bonds is 2. The molecule has 1 unspecified atom stereocenters. The van der Waals surface area contributed by atoms with E-state index in [1.54, 1.807) is 6.07 Å². The molecule has 90 valence electrons. The molecule has 0 spiro atoms. The Balaban J connectivity index is 2.69. The lowest BCUT2D eigenvalue weighted by molar-refractivity contribution is -0.577. The Morgan fingerprint density at radius 1 is 1.41 bits per heavy atom. The van der Waals surface area contributed by atoms with E-state index in [2.05, 4.69) is 0 Å². The van der Waals surface area contributed by atoms with Gasteiger partial charge in [0.25, 0.3) is 0 Å². The molecule has 4 heteroatoms. The van der Waals surface area contributed by atoms with Crippen molar-refractivity contribution < 1.29 is 4.73 Å². The minimum absolute atomic E-state index is 0.0465. The van der Waals surface area contributed by atoms with Gasteiger partial charge in [-0.2, -0.15) is 4.73 Å². The first-order chi connectivity index (χ1) is 7.99. The van der Waals surface area contributed by atoms with Gasteiger partial charge in [0.15, 0.2) is 6.20 Å². The zero-order chi connectivity index (χ0) is 12.6. The van der Waals surface area contributed by atoms with Crippen molar-refractivity contribution in [2.75, 3.05) is 0 Å². The summed E-state index contributed by atoms with van der Waals surface area (Å²) < 4.78 is 0.856. The predicted molar refractivity (Wildman–Crippen MR) is 71.7 cm³/mol. The minimum Gasteiger partial charge on any atom is -0.618 e. The number of benzene rings is 1. The average Bonchev–Trinajstić information content (AvgIpc) is 2.24. The first kappa shape index (κ1) is 12.5. The maximum absolute atomic E-state index is 11.9. The Bertz CT molecular complexity index is 567. The quantitative estimate of drug-likeness (QED) is 0.465. The van der Waals surface area contributed by atoms with E-state index < -0.39 is 0 Å². The average molecular weight is 270 g/mol. The predicted octanol–water partition coefficient (Wildman–Crippen LogP) is 3.60. The van der Waals surface area contributed by atoms with Gasteiger partial charge in [-0.05, 0) is 31.9 Å². The van der Waals surface area contributed by atoms with Gasteiger partial charge < -0.3 is 5.21 Å². The fraction of sp³-hybridized carbons (Fsp3) is 0.308. The monoisotopic (exact) mass is 269 g/mol. The largest absolute Gasteiger partial charge is 0.618 e. The second-order valence-electron chi connectivity index (χ2n) is 4.30. The molecule has 2 aromatic rings. The second kappa shape index (κ2) is 4.71. The van der Waals surface area contributed by atoms with Gasteiger partial charge in [0.2, 0.25) is 5.52 Å². The van der Waals surface area contributed by atoms with Crippen molar-refractivity contribution in [2.24, 2.45) is 0 Å². The summed E-state index contributed by atoms with van der Waals surface area (Å²) in [5.74, 6) is 0. The molecule has 0 aliphatic rings. The Morgan fingerprint density at radius 2 is 2.12 bits per heavy atom. The smallest absolute Gasteiger partial charge is 0.225 e. The maximum Gasteiger partial charge on any atom is 0.225 e. The molecule has 1 heterocycles. The van der Waals surface area contributed by atoms with Crippen LogP contribution in [0.3, 0.4) is 0 Å². The van der Waals surface area contributed by atoms with Crippen molar-refractivity contribution in [3.8, 4) is 0 Å². The Kier molecular flexibility index (Phi) is 3.45. The normalized spacial score (nSPS) is 12.9. The minimum atomic E-state index is -0.0465. The molecule has 0 saturated carbocycles. The summed E-state index contributed by atoms with van der Waals surface area (Å²) in [5.41, 5.74) is 2.46. The van der Waals surface area contributed by atoms with E-state index in [0.29, 0.717) is 17.0 Å². The lowest BCUT2D eigenvalue weighted by atomic mass is 10.1. The van der Waals surface area contributed by atoms with Crippen LogP contribution in [0.15, 0.2) is 24.4 Å². The highest BCUT2D eigenvalue weighted by Gasteiger charge is 2.15. The van der Waals surface area contributed by atoms with E-state index in [1.807, 2.05) is 26.0 Å². The Labute approximate surface area is 110 Å². The van der Waals surface area contributed by atoms with Crippen LogP contribution in [-0.4, -0.2) is 5.38 Å². The molecule has 0 radical (unpaired) electrons. The number of hydrogen-bond acceptors (Lipinski definition) is 1. The first-order valence-corrected chi connectivity index (χ1v) is 6.25. The molecule has 2 rings (SSSR count). The summed E-state index contributed by atoms with van der Waals surface area (Å²) in [6, 6.07) is 5.61. The number of pyridine rings is 1. The highest BCUT2D eigenvalue weighted by Crippen LogP contribution is 2.27. The molecule has 1 aromatic heterocycles. The molecular weight excluding hydrogens is 257 g/mol. The van der Waals surface area contributed by atoms with Crippen molar-refractivity contribution in [1.82, 2.24) is 0 Å². The van der Waals surface area contributed by atoms with E-state index in [1.165, 1.54) is 6.20 Å². The number of halogens is 2. The molecule has 0 aliphatic heterocycles. The summed E-state index contributed by atoms with van der Waals surface area (Å²) >= 11 is 12.3. The van der Waals surface area contributed by atoms with Gasteiger partial charge in [-0.15, -0.1) is 11.6 Å². The van der Waals surface area contributed by atoms with Crippen molar-refractivity contribution >= 4 is 34.1 Å². The third-order valence-corrected chi connectivity index (χ3v) is 3.28. The maximum atomic E-state index is 11.9. The summed E-state index contributed by atoms with van der Waals surface area (Å²) in [7, 11) is 0. The molecule has 17 heavy (non-hydrogen) atoms. The third kappa shape index (κ3) is 2.48. The van der Waals surface area contributed by atoms with E-state index in [-0.39, 0.29) is 5.38 Å². The van der Waals surface area contributed by atoms with E-state index in [9.17, 15) is 5.21 Å². The number of nitrogens with zero attached hydrogens (tertiary/aromatic N) is 1. The molecule has 1 atom stereocenters. The number of aryl methyl sites for hydroxylation is 1. The molecule has 2 nitrogen and oxygen atoms in total. The number of hydrogen-bond donors (Lipinski definition) is 0. The summed E-state index contributed by atoms with van der Waals surface area (Å²) in [6.07, 6.45) is 2.10. The first-order valence-electron chi connectivity index (χ1n) is 5.44. The van der Waals surface area contributed by atoms with Crippen LogP contribution in [0.4, 0.5) is 0 Å². The topological polar surface area (TPSA) is 26.9 Å². The summed E-state index contributed by atoms with van der Waals surface area (Å²) in [5, 5.41) is 13.2. The molecule has 0 bridgehead atoms. The van der Waals surface area contributed by atoms with Crippen LogP contribution >= 0.6 is 23.2 Å². The van der Waals surface area contributed by atoms with Crippen LogP contribution in [0.1, 0.15) is 18.1 Å². The van der Waals surface area contributed by atoms with Gasteiger partial charge in [0, 0.05) is 17.0 Å². The van der Waals surface area contributed by atoms with Gasteiger partial charge in [0.05, 0.1) is 10.4 Å². The van der Waals surface area contributed by atoms with Gasteiger partial charge in [-0.3, -0.25) is 0 Å². The molecule has 0 fully saturated rings. The van der Waals surface area contributed by atoms with Crippen molar-refractivity contribution in [3.05, 3.63) is 45.8 Å². The van der Waals surface area contributed by atoms with Crippen molar-refractivity contribution in [1.29, 1.82) is 0 Å². The molecule has 0 saturated heterocycles. The van der Waals surface area contributed by atoms with Gasteiger partial charge >= 0.3 is 0 Å². The highest BCUT2D eigenvalue weighted by atomic mass is 35.5. The van der Waals surface area contributed by atoms with Gasteiger partial charge in [-0.1, -0.05) is 17.7 Å². The van der Waals surface area contributed by atoms with Crippen LogP contribution in [0.25, 0.3) is 10.9 Å². The fourth-order valence-corrected chi connectivity index (χ4v) is 2.35. The van der Waals surface area contributed by atoms with Crippen LogP contribution in [0, 0.1) is 12.1 Å². The lowest BCUT2D eigenvalue weighted by Crippen LogP contribution is -2.28. The fourth-order valence-electron chi connectivity index (χ4n) is 1.90. The SMILES string of the molecule is Cc1ccc2c(c1)c(Cl)c(CC(C)Cl)c[n+]2[O-]. The lowest BCUT2D eigenvalue weighted by Gasteiger charge is -2.10. The third-order valence-electron chi connectivity index (χ3n) is 2.68. The van der Waals surface area contributed by atoms with E-state index in [4.69, 9.17) is 23.2 Å². The molecular formula is C13H13Cl2NO.